The van der Waals surface area contributed by atoms with Crippen molar-refractivity contribution in [3.05, 3.63) is 45.1 Å². The Morgan fingerprint density at radius 3 is 2.46 bits per heavy atom. The largest absolute Gasteiger partial charge is 0.487 e. The molecule has 3 aromatic rings. The van der Waals surface area contributed by atoms with E-state index >= 15 is 0 Å². The number of thioether (sulfide) groups is 1. The number of hydrogen-bond donors (Lipinski definition) is 1. The van der Waals surface area contributed by atoms with Gasteiger partial charge in [-0.25, -0.2) is 9.78 Å². The van der Waals surface area contributed by atoms with Gasteiger partial charge in [0.15, 0.2) is 16.3 Å². The molecule has 0 unspecified atom stereocenters. The molecule has 1 amide bonds. The van der Waals surface area contributed by atoms with Crippen LogP contribution in [0.3, 0.4) is 0 Å². The molecule has 37 heavy (non-hydrogen) atoms. The number of ether oxygens (including phenoxy) is 1. The molecule has 0 saturated heterocycles. The van der Waals surface area contributed by atoms with Crippen molar-refractivity contribution in [1.29, 1.82) is 0 Å². The number of rotatable bonds is 12. The van der Waals surface area contributed by atoms with Crippen LogP contribution in [0.15, 0.2) is 39.0 Å². The zero-order valence-electron chi connectivity index (χ0n) is 21.1. The molecule has 13 heteroatoms. The number of fused-ring (bicyclic) bond motifs is 1. The molecular weight excluding hydrogens is 528 g/mol. The van der Waals surface area contributed by atoms with Crippen molar-refractivity contribution in [3.8, 4) is 5.75 Å². The second-order valence-electron chi connectivity index (χ2n) is 8.71. The van der Waals surface area contributed by atoms with Gasteiger partial charge in [-0.15, -0.1) is 8.78 Å². The Labute approximate surface area is 221 Å². The van der Waals surface area contributed by atoms with Gasteiger partial charge in [-0.2, -0.15) is 0 Å². The van der Waals surface area contributed by atoms with Crippen molar-refractivity contribution < 1.29 is 18.3 Å². The van der Waals surface area contributed by atoms with E-state index in [0.717, 1.165) is 42.0 Å². The van der Waals surface area contributed by atoms with Crippen LogP contribution in [0.4, 0.5) is 14.5 Å². The third-order valence-corrected chi connectivity index (χ3v) is 7.05. The van der Waals surface area contributed by atoms with E-state index in [1.165, 1.54) is 35.9 Å². The van der Waals surface area contributed by atoms with Crippen LogP contribution in [0.2, 0.25) is 0 Å². The summed E-state index contributed by atoms with van der Waals surface area (Å²) >= 11 is 5.91. The summed E-state index contributed by atoms with van der Waals surface area (Å²) in [6.07, 6.45) is 4.00. The summed E-state index contributed by atoms with van der Waals surface area (Å²) in [5, 5.41) is 3.15. The van der Waals surface area contributed by atoms with Gasteiger partial charge >= 0.3 is 11.3 Å². The van der Waals surface area contributed by atoms with E-state index < -0.39 is 16.8 Å². The first-order chi connectivity index (χ1) is 17.4. The molecule has 0 aliphatic heterocycles. The number of alkyl halides is 3. The molecule has 2 aromatic heterocycles. The monoisotopic (exact) mass is 557 g/mol. The molecule has 1 atom stereocenters. The fraction of sp³-hybridized carbons (Fsp3) is 0.500. The zero-order chi connectivity index (χ0) is 27.3. The topological polar surface area (TPSA) is 100 Å². The average molecular weight is 558 g/mol. The summed E-state index contributed by atoms with van der Waals surface area (Å²) in [6.45, 7) is 4.76. The summed E-state index contributed by atoms with van der Waals surface area (Å²) in [5.41, 5.74) is -3.76. The highest BCUT2D eigenvalue weighted by Gasteiger charge is 2.27. The van der Waals surface area contributed by atoms with E-state index in [-0.39, 0.29) is 23.1 Å². The predicted molar refractivity (Wildman–Crippen MR) is 141 cm³/mol. The van der Waals surface area contributed by atoms with Crippen molar-refractivity contribution in [2.75, 3.05) is 11.1 Å². The lowest BCUT2D eigenvalue weighted by atomic mass is 9.99. The third-order valence-electron chi connectivity index (χ3n) is 6.00. The van der Waals surface area contributed by atoms with E-state index in [9.17, 15) is 23.2 Å². The normalized spacial score (nSPS) is 12.6. The smallest absolute Gasteiger partial charge is 0.420 e. The van der Waals surface area contributed by atoms with E-state index in [1.807, 2.05) is 4.57 Å². The molecule has 1 aromatic carbocycles. The molecule has 0 radical (unpaired) electrons. The van der Waals surface area contributed by atoms with Gasteiger partial charge in [0, 0.05) is 37.9 Å². The number of imidazole rings is 1. The molecule has 1 N–H and O–H groups in total. The highest BCUT2D eigenvalue weighted by atomic mass is 35.5. The second-order valence-corrected chi connectivity index (χ2v) is 10.1. The van der Waals surface area contributed by atoms with Crippen LogP contribution in [0.25, 0.3) is 11.2 Å². The SMILES string of the molecule is CCCC[C@H](CC)Cn1c(SCC(=O)Nc2ccc(OC(F)(F)Cl)cc2)nc2c1c(=O)n(C)c(=O)n2C. The standard InChI is InChI=1S/C24H30ClF2N5O4S/c1-5-7-8-15(6-2)13-32-19-20(30(3)23(35)31(4)21(19)34)29-22(32)37-14-18(33)28-16-9-11-17(12-10-16)36-24(25,26)27/h9-12,15H,5-8,13-14H2,1-4H3,(H,28,33)/t15-/m0/s1. The minimum absolute atomic E-state index is 0.0265. The van der Waals surface area contributed by atoms with Crippen LogP contribution in [0.1, 0.15) is 39.5 Å². The molecule has 0 spiro atoms. The highest BCUT2D eigenvalue weighted by molar-refractivity contribution is 7.99. The quantitative estimate of drug-likeness (QED) is 0.259. The fourth-order valence-corrected chi connectivity index (χ4v) is 4.84. The first kappa shape index (κ1) is 28.7. The van der Waals surface area contributed by atoms with E-state index in [1.54, 1.807) is 7.05 Å². The number of benzene rings is 1. The molecule has 0 bridgehead atoms. The summed E-state index contributed by atoms with van der Waals surface area (Å²) in [5.74, 6) is -0.239. The maximum absolute atomic E-state index is 13.0. The number of halogens is 3. The molecule has 2 heterocycles. The van der Waals surface area contributed by atoms with Gasteiger partial charge in [-0.1, -0.05) is 44.9 Å². The maximum atomic E-state index is 13.0. The molecular formula is C24H30ClF2N5O4S. The fourth-order valence-electron chi connectivity index (χ4n) is 3.95. The average Bonchev–Trinajstić information content (AvgIpc) is 3.21. The maximum Gasteiger partial charge on any atom is 0.487 e. The minimum Gasteiger partial charge on any atom is -0.420 e. The number of nitrogens with one attached hydrogen (secondary N) is 1. The number of carbonyl (C=O) groups is 1. The van der Waals surface area contributed by atoms with E-state index in [2.05, 4.69) is 28.9 Å². The van der Waals surface area contributed by atoms with Crippen LogP contribution in [-0.2, 0) is 25.4 Å². The third kappa shape index (κ3) is 7.13. The summed E-state index contributed by atoms with van der Waals surface area (Å²) in [4.78, 5) is 42.7. The zero-order valence-corrected chi connectivity index (χ0v) is 22.7. The summed E-state index contributed by atoms with van der Waals surface area (Å²) in [7, 11) is 2.99. The van der Waals surface area contributed by atoms with E-state index in [4.69, 9.17) is 11.6 Å². The van der Waals surface area contributed by atoms with Crippen molar-refractivity contribution in [1.82, 2.24) is 18.7 Å². The molecule has 202 valence electrons. The molecule has 9 nitrogen and oxygen atoms in total. The van der Waals surface area contributed by atoms with Crippen molar-refractivity contribution in [2.24, 2.45) is 20.0 Å². The number of aromatic nitrogens is 4. The number of carbonyl (C=O) groups excluding carboxylic acids is 1. The molecule has 0 aliphatic carbocycles. The Kier molecular flexibility index (Phi) is 9.41. The number of hydrogen-bond acceptors (Lipinski definition) is 6. The van der Waals surface area contributed by atoms with Gasteiger partial charge in [-0.05, 0) is 36.6 Å². The molecule has 0 fully saturated rings. The predicted octanol–water partition coefficient (Wildman–Crippen LogP) is 4.55. The molecule has 0 aliphatic rings. The Bertz CT molecular complexity index is 1370. The second kappa shape index (κ2) is 12.1. The molecule has 0 saturated carbocycles. The van der Waals surface area contributed by atoms with E-state index in [0.29, 0.717) is 28.8 Å². The lowest BCUT2D eigenvalue weighted by Gasteiger charge is -2.17. The van der Waals surface area contributed by atoms with Crippen LogP contribution >= 0.6 is 23.4 Å². The van der Waals surface area contributed by atoms with Crippen LogP contribution in [0.5, 0.6) is 5.75 Å². The van der Waals surface area contributed by atoms with Gasteiger partial charge in [0.1, 0.15) is 5.75 Å². The lowest BCUT2D eigenvalue weighted by Crippen LogP contribution is -2.37. The van der Waals surface area contributed by atoms with Crippen LogP contribution in [-0.4, -0.2) is 35.9 Å². The highest BCUT2D eigenvalue weighted by Crippen LogP contribution is 2.27. The Morgan fingerprint density at radius 2 is 1.86 bits per heavy atom. The molecule has 3 rings (SSSR count). The van der Waals surface area contributed by atoms with Gasteiger partial charge in [0.25, 0.3) is 5.56 Å². The number of unbranched alkanes of at least 4 members (excludes halogenated alkanes) is 1. The Balaban J connectivity index is 1.84. The Hall–Kier alpha value is -2.86. The minimum atomic E-state index is -3.83. The van der Waals surface area contributed by atoms with Crippen molar-refractivity contribution in [2.45, 2.75) is 56.8 Å². The number of aryl methyl sites for hydroxylation is 1. The Morgan fingerprint density at radius 1 is 1.19 bits per heavy atom. The van der Waals surface area contributed by atoms with Crippen molar-refractivity contribution in [3.63, 3.8) is 0 Å². The first-order valence-electron chi connectivity index (χ1n) is 11.9. The van der Waals surface area contributed by atoms with Gasteiger partial charge in [0.2, 0.25) is 5.91 Å². The summed E-state index contributed by atoms with van der Waals surface area (Å²) < 4.78 is 34.0. The number of anilines is 1. The van der Waals surface area contributed by atoms with Gasteiger partial charge in [0.05, 0.1) is 5.75 Å². The number of nitrogens with zero attached hydrogens (tertiary/aromatic N) is 4. The van der Waals surface area contributed by atoms with Crippen LogP contribution < -0.4 is 21.3 Å². The summed E-state index contributed by atoms with van der Waals surface area (Å²) in [6, 6.07) is 5.34. The lowest BCUT2D eigenvalue weighted by molar-refractivity contribution is -0.113. The number of amides is 1. The van der Waals surface area contributed by atoms with Gasteiger partial charge < -0.3 is 14.6 Å². The van der Waals surface area contributed by atoms with Crippen LogP contribution in [0, 0.1) is 5.92 Å². The first-order valence-corrected chi connectivity index (χ1v) is 13.3. The van der Waals surface area contributed by atoms with Gasteiger partial charge in [-0.3, -0.25) is 18.7 Å². The van der Waals surface area contributed by atoms with Crippen molar-refractivity contribution >= 4 is 46.1 Å².